The summed E-state index contributed by atoms with van der Waals surface area (Å²) < 4.78 is 5.12. The predicted molar refractivity (Wildman–Crippen MR) is 67.2 cm³/mol. The van der Waals surface area contributed by atoms with E-state index in [-0.39, 0.29) is 36.4 Å². The lowest BCUT2D eigenvalue weighted by Gasteiger charge is -2.09. The molecule has 1 amide bonds. The van der Waals surface area contributed by atoms with Gasteiger partial charge in [0.25, 0.3) is 0 Å². The van der Waals surface area contributed by atoms with Crippen LogP contribution >= 0.6 is 0 Å². The Balaban J connectivity index is 2.58. The van der Waals surface area contributed by atoms with E-state index in [4.69, 9.17) is 10.5 Å². The quantitative estimate of drug-likeness (QED) is 0.643. The summed E-state index contributed by atoms with van der Waals surface area (Å²) in [5, 5.41) is 5.49. The lowest BCUT2D eigenvalue weighted by Crippen LogP contribution is -2.35. The van der Waals surface area contributed by atoms with Crippen molar-refractivity contribution in [2.75, 3.05) is 24.2 Å². The molecule has 0 unspecified atom stereocenters. The van der Waals surface area contributed by atoms with Gasteiger partial charge in [-0.2, -0.15) is 15.0 Å². The zero-order chi connectivity index (χ0) is 13.5. The summed E-state index contributed by atoms with van der Waals surface area (Å²) in [6.45, 7) is 6.06. The highest BCUT2D eigenvalue weighted by molar-refractivity contribution is 5.80. The number of anilines is 2. The van der Waals surface area contributed by atoms with E-state index in [9.17, 15) is 4.79 Å². The van der Waals surface area contributed by atoms with Crippen molar-refractivity contribution in [3.63, 3.8) is 0 Å². The Kier molecular flexibility index (Phi) is 5.09. The minimum absolute atomic E-state index is 0.0419. The number of nitrogen functional groups attached to an aromatic ring is 1. The summed E-state index contributed by atoms with van der Waals surface area (Å²) in [6, 6.07) is 0.221. The van der Waals surface area contributed by atoms with Crippen molar-refractivity contribution >= 4 is 17.8 Å². The molecule has 4 N–H and O–H groups in total. The molecule has 0 aliphatic heterocycles. The van der Waals surface area contributed by atoms with Gasteiger partial charge in [0.1, 0.15) is 0 Å². The molecular weight excluding hydrogens is 236 g/mol. The van der Waals surface area contributed by atoms with Gasteiger partial charge >= 0.3 is 6.01 Å². The highest BCUT2D eigenvalue weighted by atomic mass is 16.5. The average Bonchev–Trinajstić information content (AvgIpc) is 2.25. The molecule has 0 aliphatic rings. The van der Waals surface area contributed by atoms with Crippen LogP contribution in [0.1, 0.15) is 20.8 Å². The smallest absolute Gasteiger partial charge is 0.323 e. The van der Waals surface area contributed by atoms with Gasteiger partial charge in [-0.15, -0.1) is 0 Å². The summed E-state index contributed by atoms with van der Waals surface area (Å²) in [5.74, 6) is 0.104. The van der Waals surface area contributed by atoms with E-state index < -0.39 is 0 Å². The van der Waals surface area contributed by atoms with Gasteiger partial charge in [-0.3, -0.25) is 4.79 Å². The van der Waals surface area contributed by atoms with Crippen LogP contribution < -0.4 is 21.1 Å². The van der Waals surface area contributed by atoms with Crippen LogP contribution in [0.3, 0.4) is 0 Å². The van der Waals surface area contributed by atoms with Crippen molar-refractivity contribution in [1.29, 1.82) is 0 Å². The Labute approximate surface area is 105 Å². The van der Waals surface area contributed by atoms with Crippen molar-refractivity contribution in [2.45, 2.75) is 26.8 Å². The molecule has 0 spiro atoms. The molecular formula is C10H18N6O2. The number of nitrogens with two attached hydrogens (primary N) is 1. The fourth-order valence-electron chi connectivity index (χ4n) is 1.18. The van der Waals surface area contributed by atoms with Crippen molar-refractivity contribution in [3.05, 3.63) is 0 Å². The second-order valence-electron chi connectivity index (χ2n) is 3.81. The number of amides is 1. The highest BCUT2D eigenvalue weighted by Crippen LogP contribution is 2.08. The Bertz CT molecular complexity index is 409. The SMILES string of the molecule is CCOc1nc(N)nc(NCC(=O)NC(C)C)n1. The summed E-state index contributed by atoms with van der Waals surface area (Å²) in [5.41, 5.74) is 5.49. The minimum Gasteiger partial charge on any atom is -0.464 e. The van der Waals surface area contributed by atoms with E-state index in [0.29, 0.717) is 6.61 Å². The first kappa shape index (κ1) is 13.9. The third kappa shape index (κ3) is 4.81. The van der Waals surface area contributed by atoms with E-state index in [2.05, 4.69) is 25.6 Å². The van der Waals surface area contributed by atoms with Gasteiger partial charge in [0, 0.05) is 6.04 Å². The number of rotatable bonds is 6. The number of hydrogen-bond acceptors (Lipinski definition) is 7. The zero-order valence-electron chi connectivity index (χ0n) is 10.7. The average molecular weight is 254 g/mol. The van der Waals surface area contributed by atoms with E-state index in [1.807, 2.05) is 20.8 Å². The molecule has 18 heavy (non-hydrogen) atoms. The summed E-state index contributed by atoms with van der Waals surface area (Å²) in [4.78, 5) is 23.0. The van der Waals surface area contributed by atoms with Gasteiger partial charge in [-0.05, 0) is 20.8 Å². The Morgan fingerprint density at radius 3 is 2.72 bits per heavy atom. The first-order valence-corrected chi connectivity index (χ1v) is 5.68. The topological polar surface area (TPSA) is 115 Å². The Morgan fingerprint density at radius 2 is 2.11 bits per heavy atom. The van der Waals surface area contributed by atoms with Crippen molar-refractivity contribution < 1.29 is 9.53 Å². The van der Waals surface area contributed by atoms with E-state index in [1.54, 1.807) is 0 Å². The van der Waals surface area contributed by atoms with Gasteiger partial charge in [-0.1, -0.05) is 0 Å². The normalized spacial score (nSPS) is 10.2. The summed E-state index contributed by atoms with van der Waals surface area (Å²) >= 11 is 0. The van der Waals surface area contributed by atoms with E-state index >= 15 is 0 Å². The third-order valence-corrected chi connectivity index (χ3v) is 1.76. The van der Waals surface area contributed by atoms with Crippen molar-refractivity contribution in [2.24, 2.45) is 0 Å². The van der Waals surface area contributed by atoms with Gasteiger partial charge < -0.3 is 21.1 Å². The molecule has 8 nitrogen and oxygen atoms in total. The largest absolute Gasteiger partial charge is 0.464 e. The molecule has 0 aromatic carbocycles. The maximum Gasteiger partial charge on any atom is 0.323 e. The molecule has 0 saturated carbocycles. The number of hydrogen-bond donors (Lipinski definition) is 3. The second kappa shape index (κ2) is 6.58. The van der Waals surface area contributed by atoms with Gasteiger partial charge in [0.05, 0.1) is 13.2 Å². The lowest BCUT2D eigenvalue weighted by atomic mass is 10.4. The standard InChI is InChI=1S/C10H18N6O2/c1-4-18-10-15-8(11)14-9(16-10)12-5-7(17)13-6(2)3/h6H,4-5H2,1-3H3,(H,13,17)(H3,11,12,14,15,16). The van der Waals surface area contributed by atoms with Crippen LogP contribution in [0.25, 0.3) is 0 Å². The monoisotopic (exact) mass is 254 g/mol. The molecule has 0 aliphatic carbocycles. The maximum absolute atomic E-state index is 11.4. The first-order valence-electron chi connectivity index (χ1n) is 5.68. The summed E-state index contributed by atoms with van der Waals surface area (Å²) in [6.07, 6.45) is 0. The van der Waals surface area contributed by atoms with Crippen LogP contribution in [0.2, 0.25) is 0 Å². The Morgan fingerprint density at radius 1 is 1.39 bits per heavy atom. The number of ether oxygens (including phenoxy) is 1. The summed E-state index contributed by atoms with van der Waals surface area (Å²) in [7, 11) is 0. The molecule has 0 atom stereocenters. The van der Waals surface area contributed by atoms with Crippen LogP contribution in [-0.2, 0) is 4.79 Å². The molecule has 1 aromatic rings. The van der Waals surface area contributed by atoms with E-state index in [1.165, 1.54) is 0 Å². The predicted octanol–water partition coefficient (Wildman–Crippen LogP) is -0.211. The number of aromatic nitrogens is 3. The van der Waals surface area contributed by atoms with Gasteiger partial charge in [-0.25, -0.2) is 0 Å². The van der Waals surface area contributed by atoms with Crippen molar-refractivity contribution in [1.82, 2.24) is 20.3 Å². The van der Waals surface area contributed by atoms with Crippen LogP contribution in [0.5, 0.6) is 6.01 Å². The molecule has 1 rings (SSSR count). The second-order valence-corrected chi connectivity index (χ2v) is 3.81. The molecule has 1 aromatic heterocycles. The van der Waals surface area contributed by atoms with E-state index in [0.717, 1.165) is 0 Å². The number of carbonyl (C=O) groups excluding carboxylic acids is 1. The lowest BCUT2D eigenvalue weighted by molar-refractivity contribution is -0.119. The molecule has 100 valence electrons. The number of nitrogens with zero attached hydrogens (tertiary/aromatic N) is 3. The zero-order valence-corrected chi connectivity index (χ0v) is 10.7. The molecule has 0 radical (unpaired) electrons. The highest BCUT2D eigenvalue weighted by Gasteiger charge is 2.07. The number of nitrogens with one attached hydrogen (secondary N) is 2. The molecule has 8 heteroatoms. The van der Waals surface area contributed by atoms with Crippen LogP contribution in [0, 0.1) is 0 Å². The fraction of sp³-hybridized carbons (Fsp3) is 0.600. The van der Waals surface area contributed by atoms with Gasteiger partial charge in [0.2, 0.25) is 17.8 Å². The third-order valence-electron chi connectivity index (χ3n) is 1.76. The van der Waals surface area contributed by atoms with Crippen LogP contribution in [0.4, 0.5) is 11.9 Å². The maximum atomic E-state index is 11.4. The number of carbonyl (C=O) groups is 1. The molecule has 0 fully saturated rings. The Hall–Kier alpha value is -2.12. The fourth-order valence-corrected chi connectivity index (χ4v) is 1.18. The van der Waals surface area contributed by atoms with Crippen molar-refractivity contribution in [3.8, 4) is 6.01 Å². The van der Waals surface area contributed by atoms with Crippen LogP contribution in [0.15, 0.2) is 0 Å². The van der Waals surface area contributed by atoms with Crippen LogP contribution in [-0.4, -0.2) is 40.1 Å². The molecule has 1 heterocycles. The molecule has 0 saturated heterocycles. The molecule has 0 bridgehead atoms. The minimum atomic E-state index is -0.151. The first-order chi connectivity index (χ1) is 8.51. The van der Waals surface area contributed by atoms with Gasteiger partial charge in [0.15, 0.2) is 0 Å².